The van der Waals surface area contributed by atoms with Crippen LogP contribution in [0.5, 0.6) is 5.88 Å². The quantitative estimate of drug-likeness (QED) is 0.398. The van der Waals surface area contributed by atoms with Crippen LogP contribution in [0, 0.1) is 12.7 Å². The van der Waals surface area contributed by atoms with Crippen molar-refractivity contribution in [2.24, 2.45) is 0 Å². The number of aryl methyl sites for hydroxylation is 1. The number of amides is 1. The molecular formula is C21H21ClFN5O3S. The number of carbonyl (C=O) groups is 1. The summed E-state index contributed by atoms with van der Waals surface area (Å²) in [5.41, 5.74) is 0.941. The average Bonchev–Trinajstić information content (AvgIpc) is 3.20. The van der Waals surface area contributed by atoms with Crippen LogP contribution in [-0.2, 0) is 9.53 Å². The molecule has 1 atom stereocenters. The van der Waals surface area contributed by atoms with Gasteiger partial charge < -0.3 is 14.4 Å². The fourth-order valence-corrected chi connectivity index (χ4v) is 3.82. The maximum absolute atomic E-state index is 13.9. The van der Waals surface area contributed by atoms with E-state index in [1.54, 1.807) is 21.5 Å². The zero-order valence-electron chi connectivity index (χ0n) is 17.5. The first-order valence-electron chi connectivity index (χ1n) is 9.88. The second-order valence-corrected chi connectivity index (χ2v) is 8.28. The summed E-state index contributed by atoms with van der Waals surface area (Å²) in [7, 11) is 0. The van der Waals surface area contributed by atoms with E-state index in [0.717, 1.165) is 5.69 Å². The molecule has 8 nitrogen and oxygen atoms in total. The Morgan fingerprint density at radius 1 is 1.44 bits per heavy atom. The molecule has 1 aromatic carbocycles. The van der Waals surface area contributed by atoms with Crippen LogP contribution in [0.4, 0.5) is 4.39 Å². The first kappa shape index (κ1) is 22.5. The van der Waals surface area contributed by atoms with E-state index in [9.17, 15) is 9.18 Å². The van der Waals surface area contributed by atoms with E-state index in [0.29, 0.717) is 36.5 Å². The molecule has 1 saturated heterocycles. The summed E-state index contributed by atoms with van der Waals surface area (Å²) >= 11 is 7.43. The number of thioether (sulfide) groups is 1. The lowest BCUT2D eigenvalue weighted by molar-refractivity contribution is -0.134. The summed E-state index contributed by atoms with van der Waals surface area (Å²) in [5, 5.41) is 5.22. The van der Waals surface area contributed by atoms with Crippen molar-refractivity contribution in [3.63, 3.8) is 0 Å². The number of aromatic nitrogens is 4. The summed E-state index contributed by atoms with van der Waals surface area (Å²) in [4.78, 5) is 22.9. The topological polar surface area (TPSA) is 81.9 Å². The van der Waals surface area contributed by atoms with E-state index in [2.05, 4.69) is 15.1 Å². The molecule has 3 heterocycles. The highest BCUT2D eigenvalue weighted by molar-refractivity contribution is 7.98. The second-order valence-electron chi connectivity index (χ2n) is 7.10. The number of rotatable bonds is 6. The Kier molecular flexibility index (Phi) is 6.92. The molecule has 11 heteroatoms. The fourth-order valence-electron chi connectivity index (χ4n) is 3.25. The van der Waals surface area contributed by atoms with Gasteiger partial charge in [0.25, 0.3) is 5.78 Å². The smallest absolute Gasteiger partial charge is 0.256 e. The Morgan fingerprint density at radius 2 is 2.28 bits per heavy atom. The van der Waals surface area contributed by atoms with Crippen LogP contribution in [0.15, 0.2) is 35.5 Å². The fraction of sp³-hybridized carbons (Fsp3) is 0.333. The third-order valence-corrected chi connectivity index (χ3v) is 5.70. The Hall–Kier alpha value is -2.69. The SMILES string of the molecule is CSc1nc2nc(C)cc(OCC3CN(C(=O)/C=C/c4c(F)cccc4Cl)CCO3)n2n1. The highest BCUT2D eigenvalue weighted by atomic mass is 35.5. The predicted molar refractivity (Wildman–Crippen MR) is 120 cm³/mol. The minimum absolute atomic E-state index is 0.185. The minimum atomic E-state index is -0.480. The van der Waals surface area contributed by atoms with Crippen LogP contribution >= 0.6 is 23.4 Å². The molecule has 1 unspecified atom stereocenters. The zero-order chi connectivity index (χ0) is 22.7. The molecule has 0 saturated carbocycles. The zero-order valence-corrected chi connectivity index (χ0v) is 19.1. The van der Waals surface area contributed by atoms with Gasteiger partial charge in [-0.1, -0.05) is 29.4 Å². The van der Waals surface area contributed by atoms with Gasteiger partial charge >= 0.3 is 0 Å². The standard InChI is InChI=1S/C21H21ClFN5O3S/c1-13-10-19(28-20(24-13)25-21(26-28)32-2)31-12-14-11-27(8-9-30-14)18(29)7-6-15-16(22)4-3-5-17(15)23/h3-7,10,14H,8-9,11-12H2,1-2H3/b7-6+. The van der Waals surface area contributed by atoms with Gasteiger partial charge in [0.2, 0.25) is 16.9 Å². The van der Waals surface area contributed by atoms with Crippen LogP contribution in [0.3, 0.4) is 0 Å². The van der Waals surface area contributed by atoms with E-state index < -0.39 is 5.82 Å². The number of carbonyl (C=O) groups excluding carboxylic acids is 1. The highest BCUT2D eigenvalue weighted by Crippen LogP contribution is 2.21. The Morgan fingerprint density at radius 3 is 3.06 bits per heavy atom. The van der Waals surface area contributed by atoms with Gasteiger partial charge in [0, 0.05) is 29.9 Å². The molecule has 1 aliphatic rings. The van der Waals surface area contributed by atoms with Crippen LogP contribution in [0.2, 0.25) is 5.02 Å². The molecule has 1 amide bonds. The van der Waals surface area contributed by atoms with E-state index in [1.165, 1.54) is 36.0 Å². The van der Waals surface area contributed by atoms with Crippen molar-refractivity contribution in [2.75, 3.05) is 32.6 Å². The lowest BCUT2D eigenvalue weighted by Gasteiger charge is -2.32. The Bertz CT molecular complexity index is 1150. The van der Waals surface area contributed by atoms with E-state index in [1.807, 2.05) is 13.2 Å². The van der Waals surface area contributed by atoms with Gasteiger partial charge in [0.1, 0.15) is 18.5 Å². The number of halogens is 2. The highest BCUT2D eigenvalue weighted by Gasteiger charge is 2.24. The predicted octanol–water partition coefficient (Wildman–Crippen LogP) is 3.27. The van der Waals surface area contributed by atoms with Crippen molar-refractivity contribution < 1.29 is 18.7 Å². The third kappa shape index (κ3) is 5.03. The summed E-state index contributed by atoms with van der Waals surface area (Å²) in [5.74, 6) is 0.233. The van der Waals surface area contributed by atoms with Gasteiger partial charge in [-0.15, -0.1) is 5.10 Å². The van der Waals surface area contributed by atoms with Crippen LogP contribution in [-0.4, -0.2) is 69.1 Å². The molecule has 4 rings (SSSR count). The van der Waals surface area contributed by atoms with Crippen molar-refractivity contribution in [3.05, 3.63) is 52.4 Å². The summed E-state index contributed by atoms with van der Waals surface area (Å²) in [6, 6.07) is 6.17. The first-order valence-corrected chi connectivity index (χ1v) is 11.5. The van der Waals surface area contributed by atoms with Gasteiger partial charge in [-0.25, -0.2) is 9.37 Å². The van der Waals surface area contributed by atoms with E-state index in [4.69, 9.17) is 21.1 Å². The molecule has 0 N–H and O–H groups in total. The normalized spacial score (nSPS) is 16.8. The van der Waals surface area contributed by atoms with Gasteiger partial charge in [-0.3, -0.25) is 4.79 Å². The molecule has 1 fully saturated rings. The molecule has 0 bridgehead atoms. The number of hydrogen-bond acceptors (Lipinski definition) is 7. The van der Waals surface area contributed by atoms with Gasteiger partial charge in [0.05, 0.1) is 18.2 Å². The maximum atomic E-state index is 13.9. The van der Waals surface area contributed by atoms with Crippen molar-refractivity contribution in [3.8, 4) is 5.88 Å². The van der Waals surface area contributed by atoms with Crippen molar-refractivity contribution in [1.82, 2.24) is 24.5 Å². The van der Waals surface area contributed by atoms with Crippen LogP contribution < -0.4 is 4.74 Å². The molecule has 2 aromatic heterocycles. The number of fused-ring (bicyclic) bond motifs is 1. The largest absolute Gasteiger partial charge is 0.475 e. The number of ether oxygens (including phenoxy) is 2. The molecule has 1 aliphatic heterocycles. The minimum Gasteiger partial charge on any atom is -0.475 e. The lowest BCUT2D eigenvalue weighted by atomic mass is 10.2. The number of hydrogen-bond donors (Lipinski definition) is 0. The molecule has 0 radical (unpaired) electrons. The van der Waals surface area contributed by atoms with E-state index in [-0.39, 0.29) is 29.2 Å². The number of benzene rings is 1. The number of morpholine rings is 1. The van der Waals surface area contributed by atoms with Gasteiger partial charge in [-0.2, -0.15) is 9.50 Å². The number of nitrogens with zero attached hydrogens (tertiary/aromatic N) is 5. The molecule has 3 aromatic rings. The Labute approximate surface area is 193 Å². The van der Waals surface area contributed by atoms with Crippen molar-refractivity contribution >= 4 is 41.1 Å². The van der Waals surface area contributed by atoms with Crippen LogP contribution in [0.25, 0.3) is 11.9 Å². The van der Waals surface area contributed by atoms with Crippen LogP contribution in [0.1, 0.15) is 11.3 Å². The second kappa shape index (κ2) is 9.85. The van der Waals surface area contributed by atoms with Gasteiger partial charge in [-0.05, 0) is 31.4 Å². The lowest BCUT2D eigenvalue weighted by Crippen LogP contribution is -2.47. The monoisotopic (exact) mass is 477 g/mol. The average molecular weight is 478 g/mol. The summed E-state index contributed by atoms with van der Waals surface area (Å²) in [6.45, 7) is 3.22. The summed E-state index contributed by atoms with van der Waals surface area (Å²) in [6.07, 6.45) is 4.28. The maximum Gasteiger partial charge on any atom is 0.256 e. The molecular weight excluding hydrogens is 457 g/mol. The third-order valence-electron chi connectivity index (χ3n) is 4.83. The Balaban J connectivity index is 1.40. The molecule has 32 heavy (non-hydrogen) atoms. The van der Waals surface area contributed by atoms with Crippen molar-refractivity contribution in [2.45, 2.75) is 18.2 Å². The first-order chi connectivity index (χ1) is 15.4. The molecule has 0 spiro atoms. The van der Waals surface area contributed by atoms with E-state index >= 15 is 0 Å². The summed E-state index contributed by atoms with van der Waals surface area (Å²) < 4.78 is 27.2. The molecule has 0 aliphatic carbocycles. The molecule has 168 valence electrons. The van der Waals surface area contributed by atoms with Crippen molar-refractivity contribution in [1.29, 1.82) is 0 Å². The van der Waals surface area contributed by atoms with Gasteiger partial charge in [0.15, 0.2) is 0 Å².